The van der Waals surface area contributed by atoms with Crippen LogP contribution >= 0.6 is 11.3 Å². The van der Waals surface area contributed by atoms with Crippen LogP contribution in [-0.2, 0) is 4.79 Å². The van der Waals surface area contributed by atoms with Crippen molar-refractivity contribution < 1.29 is 9.59 Å². The number of carbonyl (C=O) groups is 2. The van der Waals surface area contributed by atoms with E-state index in [0.717, 1.165) is 19.4 Å². The molecule has 1 aliphatic heterocycles. The number of likely N-dealkylation sites (tertiary alicyclic amines) is 1. The highest BCUT2D eigenvalue weighted by Gasteiger charge is 2.36. The standard InChI is InChI=1S/C16H24N4O2S/c1-10-14(23-16(17)18-10)15(22)19(2)8-11-7-13(21)20(9-11)12-5-3-4-6-12/h11-12H,3-9H2,1-2H3,(H2,17,18). The van der Waals surface area contributed by atoms with Gasteiger partial charge in [-0.15, -0.1) is 0 Å². The maximum Gasteiger partial charge on any atom is 0.265 e. The molecular formula is C16H24N4O2S. The Balaban J connectivity index is 1.60. The fourth-order valence-electron chi connectivity index (χ4n) is 3.76. The van der Waals surface area contributed by atoms with E-state index in [-0.39, 0.29) is 17.7 Å². The molecule has 1 saturated carbocycles. The largest absolute Gasteiger partial charge is 0.375 e. The molecule has 23 heavy (non-hydrogen) atoms. The molecule has 0 aromatic carbocycles. The van der Waals surface area contributed by atoms with Gasteiger partial charge in [0.1, 0.15) is 4.88 Å². The summed E-state index contributed by atoms with van der Waals surface area (Å²) in [6.45, 7) is 3.19. The van der Waals surface area contributed by atoms with Gasteiger partial charge in [-0.3, -0.25) is 9.59 Å². The highest BCUT2D eigenvalue weighted by atomic mass is 32.1. The normalized spacial score (nSPS) is 22.1. The van der Waals surface area contributed by atoms with Crippen molar-refractivity contribution >= 4 is 28.3 Å². The summed E-state index contributed by atoms with van der Waals surface area (Å²) in [6.07, 6.45) is 5.27. The third-order valence-corrected chi connectivity index (χ3v) is 5.86. The van der Waals surface area contributed by atoms with E-state index < -0.39 is 0 Å². The molecule has 1 aromatic heterocycles. The first-order valence-corrected chi connectivity index (χ1v) is 9.05. The molecule has 6 nitrogen and oxygen atoms in total. The number of hydrogen-bond donors (Lipinski definition) is 1. The smallest absolute Gasteiger partial charge is 0.265 e. The van der Waals surface area contributed by atoms with Gasteiger partial charge in [0.2, 0.25) is 5.91 Å². The van der Waals surface area contributed by atoms with Crippen molar-refractivity contribution in [3.63, 3.8) is 0 Å². The van der Waals surface area contributed by atoms with E-state index in [2.05, 4.69) is 4.98 Å². The zero-order valence-electron chi connectivity index (χ0n) is 13.7. The lowest BCUT2D eigenvalue weighted by Gasteiger charge is -2.25. The molecule has 0 bridgehead atoms. The molecule has 2 amide bonds. The molecule has 2 fully saturated rings. The maximum atomic E-state index is 12.5. The number of hydrogen-bond acceptors (Lipinski definition) is 5. The summed E-state index contributed by atoms with van der Waals surface area (Å²) >= 11 is 1.23. The Morgan fingerprint density at radius 2 is 2.13 bits per heavy atom. The lowest BCUT2D eigenvalue weighted by molar-refractivity contribution is -0.129. The van der Waals surface area contributed by atoms with Gasteiger partial charge in [-0.2, -0.15) is 0 Å². The fraction of sp³-hybridized carbons (Fsp3) is 0.688. The van der Waals surface area contributed by atoms with Gasteiger partial charge in [-0.1, -0.05) is 24.2 Å². The van der Waals surface area contributed by atoms with E-state index in [1.165, 1.54) is 24.2 Å². The summed E-state index contributed by atoms with van der Waals surface area (Å²) in [7, 11) is 1.79. The van der Waals surface area contributed by atoms with E-state index in [4.69, 9.17) is 5.73 Å². The van der Waals surface area contributed by atoms with Gasteiger partial charge in [0, 0.05) is 38.5 Å². The molecule has 1 saturated heterocycles. The minimum absolute atomic E-state index is 0.0523. The van der Waals surface area contributed by atoms with E-state index in [0.29, 0.717) is 34.7 Å². The zero-order valence-corrected chi connectivity index (χ0v) is 14.6. The highest BCUT2D eigenvalue weighted by Crippen LogP contribution is 2.30. The second-order valence-corrected chi connectivity index (χ2v) is 7.74. The van der Waals surface area contributed by atoms with Crippen LogP contribution in [0, 0.1) is 12.8 Å². The van der Waals surface area contributed by atoms with Crippen molar-refractivity contribution in [2.75, 3.05) is 25.9 Å². The summed E-state index contributed by atoms with van der Waals surface area (Å²) in [6, 6.07) is 0.428. The molecule has 1 aliphatic carbocycles. The van der Waals surface area contributed by atoms with Crippen LogP contribution in [0.4, 0.5) is 5.13 Å². The Hall–Kier alpha value is -1.63. The second-order valence-electron chi connectivity index (χ2n) is 6.71. The minimum Gasteiger partial charge on any atom is -0.375 e. The lowest BCUT2D eigenvalue weighted by Crippen LogP contribution is -2.36. The Labute approximate surface area is 140 Å². The number of aromatic nitrogens is 1. The van der Waals surface area contributed by atoms with Gasteiger partial charge < -0.3 is 15.5 Å². The van der Waals surface area contributed by atoms with E-state index in [1.807, 2.05) is 4.90 Å². The predicted molar refractivity (Wildman–Crippen MR) is 90.3 cm³/mol. The summed E-state index contributed by atoms with van der Waals surface area (Å²) in [5.41, 5.74) is 6.35. The average molecular weight is 336 g/mol. The molecule has 1 unspecified atom stereocenters. The Bertz CT molecular complexity index is 609. The summed E-state index contributed by atoms with van der Waals surface area (Å²) < 4.78 is 0. The number of amides is 2. The first-order valence-electron chi connectivity index (χ1n) is 8.23. The maximum absolute atomic E-state index is 12.5. The van der Waals surface area contributed by atoms with Crippen LogP contribution in [-0.4, -0.2) is 52.8 Å². The number of nitrogens with two attached hydrogens (primary N) is 1. The molecule has 1 atom stereocenters. The second kappa shape index (κ2) is 6.47. The topological polar surface area (TPSA) is 79.5 Å². The zero-order chi connectivity index (χ0) is 16.6. The van der Waals surface area contributed by atoms with Gasteiger partial charge in [0.05, 0.1) is 5.69 Å². The van der Waals surface area contributed by atoms with Gasteiger partial charge in [-0.25, -0.2) is 4.98 Å². The first-order chi connectivity index (χ1) is 11.0. The summed E-state index contributed by atoms with van der Waals surface area (Å²) in [5.74, 6) is 0.423. The van der Waals surface area contributed by atoms with Gasteiger partial charge in [-0.05, 0) is 19.8 Å². The molecule has 2 heterocycles. The van der Waals surface area contributed by atoms with E-state index in [9.17, 15) is 9.59 Å². The van der Waals surface area contributed by atoms with Crippen molar-refractivity contribution in [2.24, 2.45) is 5.92 Å². The summed E-state index contributed by atoms with van der Waals surface area (Å²) in [4.78, 5) is 33.2. The SMILES string of the molecule is Cc1nc(N)sc1C(=O)N(C)CC1CC(=O)N(C2CCCC2)C1. The van der Waals surface area contributed by atoms with Crippen LogP contribution in [0.1, 0.15) is 47.5 Å². The molecular weight excluding hydrogens is 312 g/mol. The van der Waals surface area contributed by atoms with E-state index in [1.54, 1.807) is 18.9 Å². The Kier molecular flexibility index (Phi) is 4.57. The van der Waals surface area contributed by atoms with Gasteiger partial charge in [0.25, 0.3) is 5.91 Å². The van der Waals surface area contributed by atoms with Crippen LogP contribution < -0.4 is 5.73 Å². The number of nitrogen functional groups attached to an aromatic ring is 1. The van der Waals surface area contributed by atoms with Crippen LogP contribution in [0.3, 0.4) is 0 Å². The molecule has 3 rings (SSSR count). The highest BCUT2D eigenvalue weighted by molar-refractivity contribution is 7.17. The lowest BCUT2D eigenvalue weighted by atomic mass is 10.1. The van der Waals surface area contributed by atoms with Crippen LogP contribution in [0.2, 0.25) is 0 Å². The molecule has 1 aromatic rings. The number of anilines is 1. The molecule has 126 valence electrons. The van der Waals surface area contributed by atoms with Crippen molar-refractivity contribution in [1.82, 2.24) is 14.8 Å². The molecule has 2 aliphatic rings. The third-order valence-electron chi connectivity index (χ3n) is 4.89. The minimum atomic E-state index is -0.0523. The Morgan fingerprint density at radius 3 is 2.74 bits per heavy atom. The number of rotatable bonds is 4. The fourth-order valence-corrected chi connectivity index (χ4v) is 4.59. The number of thiazole rings is 1. The van der Waals surface area contributed by atoms with Crippen molar-refractivity contribution in [3.05, 3.63) is 10.6 Å². The quantitative estimate of drug-likeness (QED) is 0.911. The molecule has 0 radical (unpaired) electrons. The number of carbonyl (C=O) groups excluding carboxylic acids is 2. The number of aryl methyl sites for hydroxylation is 1. The third kappa shape index (κ3) is 3.34. The van der Waals surface area contributed by atoms with Crippen molar-refractivity contribution in [2.45, 2.75) is 45.1 Å². The molecule has 0 spiro atoms. The predicted octanol–water partition coefficient (Wildman–Crippen LogP) is 1.90. The van der Waals surface area contributed by atoms with Crippen molar-refractivity contribution in [3.8, 4) is 0 Å². The molecule has 2 N–H and O–H groups in total. The van der Waals surface area contributed by atoms with Gasteiger partial charge >= 0.3 is 0 Å². The van der Waals surface area contributed by atoms with Crippen LogP contribution in [0.5, 0.6) is 0 Å². The van der Waals surface area contributed by atoms with Crippen molar-refractivity contribution in [1.29, 1.82) is 0 Å². The summed E-state index contributed by atoms with van der Waals surface area (Å²) in [5, 5.41) is 0.419. The Morgan fingerprint density at radius 1 is 1.43 bits per heavy atom. The van der Waals surface area contributed by atoms with Crippen LogP contribution in [0.15, 0.2) is 0 Å². The monoisotopic (exact) mass is 336 g/mol. The molecule has 7 heteroatoms. The number of nitrogens with zero attached hydrogens (tertiary/aromatic N) is 3. The van der Waals surface area contributed by atoms with Gasteiger partial charge in [0.15, 0.2) is 5.13 Å². The first kappa shape index (κ1) is 16.2. The van der Waals surface area contributed by atoms with Crippen LogP contribution in [0.25, 0.3) is 0 Å². The van der Waals surface area contributed by atoms with E-state index >= 15 is 0 Å². The average Bonchev–Trinajstić information content (AvgIpc) is 3.19.